The molecule has 27 heavy (non-hydrogen) atoms. The molecule has 3 heterocycles. The first-order valence-corrected chi connectivity index (χ1v) is 8.76. The van der Waals surface area contributed by atoms with Gasteiger partial charge in [-0.25, -0.2) is 9.48 Å². The third-order valence-corrected chi connectivity index (χ3v) is 5.34. The van der Waals surface area contributed by atoms with Crippen molar-refractivity contribution in [1.29, 1.82) is 0 Å². The lowest BCUT2D eigenvalue weighted by molar-refractivity contribution is -0.135. The molecule has 0 saturated carbocycles. The minimum atomic E-state index is -0.907. The van der Waals surface area contributed by atoms with E-state index in [0.29, 0.717) is 42.4 Å². The van der Waals surface area contributed by atoms with Crippen LogP contribution in [0.2, 0.25) is 0 Å². The lowest BCUT2D eigenvalue weighted by Crippen LogP contribution is -2.56. The molecular formula is C18H19N5O4. The van der Waals surface area contributed by atoms with Gasteiger partial charge in [0.05, 0.1) is 17.5 Å². The average molecular weight is 369 g/mol. The van der Waals surface area contributed by atoms with Crippen molar-refractivity contribution in [2.24, 2.45) is 7.05 Å². The fourth-order valence-electron chi connectivity index (χ4n) is 3.78. The summed E-state index contributed by atoms with van der Waals surface area (Å²) in [6.45, 7) is 0.743. The van der Waals surface area contributed by atoms with Crippen molar-refractivity contribution in [2.45, 2.75) is 24.8 Å². The topological polar surface area (TPSA) is 113 Å². The number of fused-ring (bicyclic) bond motifs is 1. The van der Waals surface area contributed by atoms with Crippen LogP contribution in [-0.2, 0) is 23.1 Å². The average Bonchev–Trinajstić information content (AvgIpc) is 2.93. The number of hydrogen-bond acceptors (Lipinski definition) is 5. The minimum Gasteiger partial charge on any atom is -0.342 e. The Balaban J connectivity index is 1.52. The smallest absolute Gasteiger partial charge is 0.322 e. The number of nitrogens with one attached hydrogen (secondary N) is 2. The summed E-state index contributed by atoms with van der Waals surface area (Å²) in [5.41, 5.74) is -0.565. The molecule has 2 fully saturated rings. The maximum atomic E-state index is 12.8. The molecule has 0 unspecified atom stereocenters. The molecule has 0 bridgehead atoms. The number of nitrogens with zero attached hydrogens (tertiary/aromatic N) is 3. The number of carbonyl (C=O) groups excluding carboxylic acids is 3. The van der Waals surface area contributed by atoms with Gasteiger partial charge in [0, 0.05) is 25.5 Å². The summed E-state index contributed by atoms with van der Waals surface area (Å²) in [5, 5.41) is 10.4. The van der Waals surface area contributed by atoms with Gasteiger partial charge in [-0.15, -0.1) is 0 Å². The van der Waals surface area contributed by atoms with Gasteiger partial charge in [0.2, 0.25) is 5.91 Å². The Bertz CT molecular complexity index is 1020. The highest BCUT2D eigenvalue weighted by Crippen LogP contribution is 2.26. The van der Waals surface area contributed by atoms with E-state index in [2.05, 4.69) is 15.7 Å². The molecule has 0 aliphatic carbocycles. The number of benzene rings is 1. The number of likely N-dealkylation sites (tertiary alicyclic amines) is 1. The van der Waals surface area contributed by atoms with Gasteiger partial charge in [-0.3, -0.25) is 19.7 Å². The third-order valence-electron chi connectivity index (χ3n) is 5.34. The van der Waals surface area contributed by atoms with E-state index in [0.717, 1.165) is 0 Å². The molecular weight excluding hydrogens is 350 g/mol. The van der Waals surface area contributed by atoms with E-state index in [9.17, 15) is 19.2 Å². The molecule has 2 saturated heterocycles. The molecule has 1 aromatic carbocycles. The minimum absolute atomic E-state index is 0.0696. The van der Waals surface area contributed by atoms with E-state index in [-0.39, 0.29) is 23.8 Å². The first-order valence-electron chi connectivity index (χ1n) is 8.76. The molecule has 1 spiro atoms. The lowest BCUT2D eigenvalue weighted by Gasteiger charge is -2.37. The van der Waals surface area contributed by atoms with Crippen molar-refractivity contribution in [2.75, 3.05) is 13.1 Å². The molecule has 140 valence electrons. The number of hydrogen-bond donors (Lipinski definition) is 2. The molecule has 0 radical (unpaired) electrons. The Hall–Kier alpha value is -3.23. The number of urea groups is 1. The first-order chi connectivity index (χ1) is 12.9. The maximum Gasteiger partial charge on any atom is 0.322 e. The molecule has 1 aromatic heterocycles. The van der Waals surface area contributed by atoms with Crippen LogP contribution >= 0.6 is 0 Å². The molecule has 0 atom stereocenters. The van der Waals surface area contributed by atoms with Crippen molar-refractivity contribution < 1.29 is 14.4 Å². The van der Waals surface area contributed by atoms with E-state index in [4.69, 9.17) is 0 Å². The molecule has 2 aliphatic rings. The number of piperidine rings is 1. The Kier molecular flexibility index (Phi) is 3.94. The number of aryl methyl sites for hydroxylation is 1. The first kappa shape index (κ1) is 17.2. The second-order valence-corrected chi connectivity index (χ2v) is 6.97. The summed E-state index contributed by atoms with van der Waals surface area (Å²) in [6, 6.07) is 6.61. The monoisotopic (exact) mass is 369 g/mol. The van der Waals surface area contributed by atoms with E-state index < -0.39 is 11.6 Å². The largest absolute Gasteiger partial charge is 0.342 e. The Labute approximate surface area is 154 Å². The summed E-state index contributed by atoms with van der Waals surface area (Å²) in [7, 11) is 1.56. The summed E-state index contributed by atoms with van der Waals surface area (Å²) < 4.78 is 1.24. The zero-order valence-electron chi connectivity index (χ0n) is 14.8. The van der Waals surface area contributed by atoms with Crippen LogP contribution in [0.25, 0.3) is 10.8 Å². The molecule has 2 N–H and O–H groups in total. The molecule has 9 heteroatoms. The van der Waals surface area contributed by atoms with Gasteiger partial charge in [-0.05, 0) is 18.9 Å². The lowest BCUT2D eigenvalue weighted by atomic mass is 9.87. The predicted molar refractivity (Wildman–Crippen MR) is 95.9 cm³/mol. The second-order valence-electron chi connectivity index (χ2n) is 6.97. The van der Waals surface area contributed by atoms with Crippen molar-refractivity contribution in [3.05, 3.63) is 40.3 Å². The summed E-state index contributed by atoms with van der Waals surface area (Å²) in [6.07, 6.45) is 0.815. The second kappa shape index (κ2) is 6.19. The van der Waals surface area contributed by atoms with Gasteiger partial charge in [0.25, 0.3) is 11.5 Å². The fourth-order valence-corrected chi connectivity index (χ4v) is 3.78. The maximum absolute atomic E-state index is 12.8. The predicted octanol–water partition coefficient (Wildman–Crippen LogP) is -0.323. The quantitative estimate of drug-likeness (QED) is 0.704. The summed E-state index contributed by atoms with van der Waals surface area (Å²) in [4.78, 5) is 50.1. The van der Waals surface area contributed by atoms with Gasteiger partial charge in [-0.1, -0.05) is 18.2 Å². The van der Waals surface area contributed by atoms with Gasteiger partial charge in [-0.2, -0.15) is 5.10 Å². The normalized spacial score (nSPS) is 18.6. The van der Waals surface area contributed by atoms with Crippen LogP contribution in [0.4, 0.5) is 4.79 Å². The highest BCUT2D eigenvalue weighted by atomic mass is 16.2. The number of carbonyl (C=O) groups is 3. The van der Waals surface area contributed by atoms with E-state index in [1.54, 1.807) is 30.1 Å². The fraction of sp³-hybridized carbons (Fsp3) is 0.389. The zero-order chi connectivity index (χ0) is 19.2. The van der Waals surface area contributed by atoms with Gasteiger partial charge >= 0.3 is 6.03 Å². The van der Waals surface area contributed by atoms with E-state index in [1.807, 2.05) is 6.07 Å². The van der Waals surface area contributed by atoms with Gasteiger partial charge in [0.1, 0.15) is 5.54 Å². The molecule has 2 aromatic rings. The van der Waals surface area contributed by atoms with Crippen LogP contribution < -0.4 is 16.2 Å². The number of aromatic nitrogens is 2. The molecule has 4 rings (SSSR count). The van der Waals surface area contributed by atoms with Crippen LogP contribution in [0.3, 0.4) is 0 Å². The third kappa shape index (κ3) is 2.84. The van der Waals surface area contributed by atoms with Crippen LogP contribution in [0.1, 0.15) is 18.5 Å². The van der Waals surface area contributed by atoms with Crippen molar-refractivity contribution in [3.63, 3.8) is 0 Å². The summed E-state index contributed by atoms with van der Waals surface area (Å²) in [5.74, 6) is -0.448. The van der Waals surface area contributed by atoms with Crippen molar-refractivity contribution in [1.82, 2.24) is 25.3 Å². The number of rotatable bonds is 2. The highest BCUT2D eigenvalue weighted by molar-refractivity contribution is 6.07. The van der Waals surface area contributed by atoms with Gasteiger partial charge in [0.15, 0.2) is 0 Å². The SMILES string of the molecule is Cn1nc(CC(=O)N2CCC3(CC2)NC(=O)NC3=O)c2ccccc2c1=O. The van der Waals surface area contributed by atoms with Crippen LogP contribution in [0.15, 0.2) is 29.1 Å². The molecule has 9 nitrogen and oxygen atoms in total. The summed E-state index contributed by atoms with van der Waals surface area (Å²) >= 11 is 0. The Morgan fingerprint density at radius 2 is 1.81 bits per heavy atom. The molecule has 2 aliphatic heterocycles. The Morgan fingerprint density at radius 3 is 2.44 bits per heavy atom. The zero-order valence-corrected chi connectivity index (χ0v) is 14.8. The van der Waals surface area contributed by atoms with E-state index in [1.165, 1.54) is 4.68 Å². The van der Waals surface area contributed by atoms with Gasteiger partial charge < -0.3 is 10.2 Å². The highest BCUT2D eigenvalue weighted by Gasteiger charge is 2.48. The van der Waals surface area contributed by atoms with Crippen molar-refractivity contribution >= 4 is 28.6 Å². The van der Waals surface area contributed by atoms with Crippen LogP contribution in [0.5, 0.6) is 0 Å². The standard InChI is InChI=1S/C18H19N5O4/c1-22-15(25)12-5-3-2-4-11(12)13(21-22)10-14(24)23-8-6-18(7-9-23)16(26)19-17(27)20-18/h2-5H,6-10H2,1H3,(H2,19,20,26,27). The Morgan fingerprint density at radius 1 is 1.15 bits per heavy atom. The number of amides is 4. The number of imide groups is 1. The van der Waals surface area contributed by atoms with Crippen molar-refractivity contribution in [3.8, 4) is 0 Å². The van der Waals surface area contributed by atoms with E-state index >= 15 is 0 Å². The van der Waals surface area contributed by atoms with Crippen LogP contribution in [-0.4, -0.2) is 51.2 Å². The van der Waals surface area contributed by atoms with Crippen LogP contribution in [0, 0.1) is 0 Å². The molecule has 4 amide bonds.